The molecule has 9 atom stereocenters. The minimum atomic E-state index is -3.34. The topological polar surface area (TPSA) is 46.2 Å². The molecular formula is C30H47NO2S. The number of sulfonamides is 1. The molecule has 1 aromatic rings. The Kier molecular flexibility index (Phi) is 6.62. The standard InChI is InChI=1S/C30H47NO2S/c1-5-9-21(2)26-14-15-27-25-13-12-22-20-24(34(32,33)31-23-10-7-6-8-11-23)16-18-29(22,3)28(25)17-19-30(26,27)4/h6-8,10-11,21-22,24-28,31H,5,9,12-20H2,1-4H3/t21-,22?,24?,25+,26-,27+,28+,29+,30-/m1/s1. The van der Waals surface area contributed by atoms with E-state index in [4.69, 9.17) is 0 Å². The Morgan fingerprint density at radius 2 is 1.65 bits per heavy atom. The molecule has 0 saturated heterocycles. The van der Waals surface area contributed by atoms with Crippen molar-refractivity contribution in [3.05, 3.63) is 30.3 Å². The first-order valence-electron chi connectivity index (χ1n) is 14.3. The van der Waals surface area contributed by atoms with E-state index in [0.29, 0.717) is 22.4 Å². The van der Waals surface area contributed by atoms with Crippen LogP contribution < -0.4 is 4.72 Å². The van der Waals surface area contributed by atoms with Crippen molar-refractivity contribution < 1.29 is 8.42 Å². The fourth-order valence-electron chi connectivity index (χ4n) is 9.89. The van der Waals surface area contributed by atoms with Crippen LogP contribution in [-0.2, 0) is 10.0 Å². The van der Waals surface area contributed by atoms with Gasteiger partial charge in [-0.3, -0.25) is 4.72 Å². The minimum absolute atomic E-state index is 0.248. The average Bonchev–Trinajstić information content (AvgIpc) is 3.16. The van der Waals surface area contributed by atoms with Gasteiger partial charge in [-0.2, -0.15) is 0 Å². The zero-order chi connectivity index (χ0) is 24.1. The number of hydrogen-bond donors (Lipinski definition) is 1. The Bertz CT molecular complexity index is 961. The van der Waals surface area contributed by atoms with E-state index in [-0.39, 0.29) is 5.25 Å². The van der Waals surface area contributed by atoms with E-state index in [1.807, 2.05) is 30.3 Å². The van der Waals surface area contributed by atoms with Crippen molar-refractivity contribution in [1.82, 2.24) is 0 Å². The summed E-state index contributed by atoms with van der Waals surface area (Å²) >= 11 is 0. The summed E-state index contributed by atoms with van der Waals surface area (Å²) in [5.74, 6) is 4.90. The van der Waals surface area contributed by atoms with Crippen molar-refractivity contribution in [1.29, 1.82) is 0 Å². The van der Waals surface area contributed by atoms with Crippen LogP contribution in [0.4, 0.5) is 5.69 Å². The number of para-hydroxylation sites is 1. The third-order valence-corrected chi connectivity index (χ3v) is 13.4. The minimum Gasteiger partial charge on any atom is -0.283 e. The van der Waals surface area contributed by atoms with Crippen LogP contribution in [0.2, 0.25) is 0 Å². The molecule has 190 valence electrons. The van der Waals surface area contributed by atoms with Crippen LogP contribution in [0, 0.1) is 46.3 Å². The first kappa shape index (κ1) is 24.7. The van der Waals surface area contributed by atoms with E-state index in [9.17, 15) is 8.42 Å². The van der Waals surface area contributed by atoms with Crippen LogP contribution in [0.5, 0.6) is 0 Å². The largest absolute Gasteiger partial charge is 0.283 e. The lowest BCUT2D eigenvalue weighted by Crippen LogP contribution is -2.55. The third kappa shape index (κ3) is 4.04. The lowest BCUT2D eigenvalue weighted by atomic mass is 9.44. The summed E-state index contributed by atoms with van der Waals surface area (Å²) in [7, 11) is -3.34. The zero-order valence-electron chi connectivity index (χ0n) is 21.9. The number of anilines is 1. The summed E-state index contributed by atoms with van der Waals surface area (Å²) in [6, 6.07) is 9.42. The third-order valence-electron chi connectivity index (χ3n) is 11.6. The zero-order valence-corrected chi connectivity index (χ0v) is 22.7. The van der Waals surface area contributed by atoms with Crippen LogP contribution in [0.1, 0.15) is 98.3 Å². The quantitative estimate of drug-likeness (QED) is 0.445. The average molecular weight is 486 g/mol. The van der Waals surface area contributed by atoms with Gasteiger partial charge < -0.3 is 0 Å². The molecule has 4 saturated carbocycles. The molecule has 5 rings (SSSR count). The summed E-state index contributed by atoms with van der Waals surface area (Å²) in [5.41, 5.74) is 1.56. The molecule has 0 radical (unpaired) electrons. The molecule has 1 aromatic carbocycles. The van der Waals surface area contributed by atoms with Gasteiger partial charge in [0.2, 0.25) is 10.0 Å². The molecule has 4 aliphatic carbocycles. The summed E-state index contributed by atoms with van der Waals surface area (Å²) in [6.45, 7) is 10.1. The second kappa shape index (κ2) is 9.12. The Balaban J connectivity index is 1.30. The fraction of sp³-hybridized carbons (Fsp3) is 0.800. The molecule has 4 heteroatoms. The molecular weight excluding hydrogens is 438 g/mol. The van der Waals surface area contributed by atoms with Gasteiger partial charge >= 0.3 is 0 Å². The van der Waals surface area contributed by atoms with Gasteiger partial charge in [0.15, 0.2) is 0 Å². The highest BCUT2D eigenvalue weighted by Crippen LogP contribution is 2.68. The van der Waals surface area contributed by atoms with Gasteiger partial charge in [0.1, 0.15) is 0 Å². The van der Waals surface area contributed by atoms with E-state index in [1.165, 1.54) is 51.4 Å². The Labute approximate surface area is 208 Å². The Morgan fingerprint density at radius 3 is 2.38 bits per heavy atom. The molecule has 0 aliphatic heterocycles. The number of rotatable bonds is 6. The van der Waals surface area contributed by atoms with Gasteiger partial charge in [0.05, 0.1) is 5.25 Å². The van der Waals surface area contributed by atoms with E-state index in [0.717, 1.165) is 48.9 Å². The van der Waals surface area contributed by atoms with Crippen molar-refractivity contribution in [3.8, 4) is 0 Å². The van der Waals surface area contributed by atoms with Gasteiger partial charge in [-0.15, -0.1) is 0 Å². The van der Waals surface area contributed by atoms with E-state index in [2.05, 4.69) is 32.4 Å². The summed E-state index contributed by atoms with van der Waals surface area (Å²) in [6.07, 6.45) is 13.7. The van der Waals surface area contributed by atoms with Crippen molar-refractivity contribution in [2.75, 3.05) is 4.72 Å². The summed E-state index contributed by atoms with van der Waals surface area (Å²) in [5, 5.41) is -0.248. The predicted octanol–water partition coefficient (Wildman–Crippen LogP) is 7.89. The second-order valence-corrected chi connectivity index (χ2v) is 15.0. The highest BCUT2D eigenvalue weighted by Gasteiger charge is 2.61. The van der Waals surface area contributed by atoms with E-state index < -0.39 is 10.0 Å². The maximum absolute atomic E-state index is 13.3. The molecule has 3 nitrogen and oxygen atoms in total. The Morgan fingerprint density at radius 1 is 0.941 bits per heavy atom. The molecule has 0 heterocycles. The van der Waals surface area contributed by atoms with Crippen molar-refractivity contribution in [3.63, 3.8) is 0 Å². The lowest BCUT2D eigenvalue weighted by Gasteiger charge is -2.61. The van der Waals surface area contributed by atoms with Crippen molar-refractivity contribution >= 4 is 15.7 Å². The SMILES string of the molecule is CCC[C@@H](C)[C@H]1CC[C@H]2[C@@H]3CCC4CC(S(=O)(=O)Nc5ccccc5)CC[C@]4(C)[C@H]3CC[C@]12C. The second-order valence-electron chi connectivity index (χ2n) is 13.1. The molecule has 4 aliphatic rings. The van der Waals surface area contributed by atoms with E-state index in [1.54, 1.807) is 0 Å². The summed E-state index contributed by atoms with van der Waals surface area (Å²) < 4.78 is 29.4. The maximum Gasteiger partial charge on any atom is 0.235 e. The first-order valence-corrected chi connectivity index (χ1v) is 15.8. The first-order chi connectivity index (χ1) is 16.2. The van der Waals surface area contributed by atoms with Gasteiger partial charge in [0.25, 0.3) is 0 Å². The molecule has 0 spiro atoms. The molecule has 34 heavy (non-hydrogen) atoms. The van der Waals surface area contributed by atoms with Crippen molar-refractivity contribution in [2.45, 2.75) is 104 Å². The van der Waals surface area contributed by atoms with Crippen LogP contribution in [0.3, 0.4) is 0 Å². The number of nitrogens with one attached hydrogen (secondary N) is 1. The van der Waals surface area contributed by atoms with Crippen LogP contribution in [0.25, 0.3) is 0 Å². The van der Waals surface area contributed by atoms with Crippen LogP contribution in [-0.4, -0.2) is 13.7 Å². The van der Waals surface area contributed by atoms with Crippen molar-refractivity contribution in [2.24, 2.45) is 46.3 Å². The normalized spacial score (nSPS) is 42.8. The van der Waals surface area contributed by atoms with Crippen LogP contribution in [0.15, 0.2) is 30.3 Å². The summed E-state index contributed by atoms with van der Waals surface area (Å²) in [4.78, 5) is 0. The van der Waals surface area contributed by atoms with Gasteiger partial charge in [-0.25, -0.2) is 8.42 Å². The monoisotopic (exact) mass is 485 g/mol. The number of benzene rings is 1. The molecule has 0 aromatic heterocycles. The van der Waals surface area contributed by atoms with E-state index >= 15 is 0 Å². The number of hydrogen-bond acceptors (Lipinski definition) is 2. The fourth-order valence-corrected chi connectivity index (χ4v) is 11.4. The Hall–Kier alpha value is -1.03. The number of fused-ring (bicyclic) bond motifs is 5. The molecule has 1 N–H and O–H groups in total. The molecule has 2 unspecified atom stereocenters. The smallest absolute Gasteiger partial charge is 0.235 e. The van der Waals surface area contributed by atoms with Gasteiger partial charge in [0, 0.05) is 5.69 Å². The van der Waals surface area contributed by atoms with Crippen LogP contribution >= 0.6 is 0 Å². The van der Waals surface area contributed by atoms with Gasteiger partial charge in [-0.1, -0.05) is 58.7 Å². The highest BCUT2D eigenvalue weighted by molar-refractivity contribution is 7.93. The maximum atomic E-state index is 13.3. The molecule has 0 amide bonds. The molecule has 4 fully saturated rings. The highest BCUT2D eigenvalue weighted by atomic mass is 32.2. The predicted molar refractivity (Wildman–Crippen MR) is 142 cm³/mol. The van der Waals surface area contributed by atoms with Gasteiger partial charge in [-0.05, 0) is 116 Å². The lowest BCUT2D eigenvalue weighted by molar-refractivity contribution is -0.113. The molecule has 0 bridgehead atoms.